The van der Waals surface area contributed by atoms with Crippen molar-refractivity contribution in [2.45, 2.75) is 32.7 Å². The van der Waals surface area contributed by atoms with Crippen LogP contribution in [0.5, 0.6) is 0 Å². The maximum absolute atomic E-state index is 4.76. The van der Waals surface area contributed by atoms with Gasteiger partial charge in [0.1, 0.15) is 5.65 Å². The van der Waals surface area contributed by atoms with Gasteiger partial charge in [-0.1, -0.05) is 0 Å². The molecule has 0 bridgehead atoms. The number of aromatic nitrogens is 2. The zero-order chi connectivity index (χ0) is 11.1. The van der Waals surface area contributed by atoms with Crippen molar-refractivity contribution in [1.82, 2.24) is 14.7 Å². The average molecular weight is 215 g/mol. The first-order valence-corrected chi connectivity index (χ1v) is 5.94. The minimum atomic E-state index is 0.459. The molecule has 0 radical (unpaired) electrons. The molecular weight excluding hydrogens is 198 g/mol. The highest BCUT2D eigenvalue weighted by molar-refractivity contribution is 5.46. The summed E-state index contributed by atoms with van der Waals surface area (Å²) in [6.45, 7) is 5.39. The Kier molecular flexibility index (Phi) is 2.21. The molecule has 2 aromatic heterocycles. The first-order valence-electron chi connectivity index (χ1n) is 5.94. The number of nitrogens with zero attached hydrogens (tertiary/aromatic N) is 2. The Morgan fingerprint density at radius 3 is 3.06 bits per heavy atom. The van der Waals surface area contributed by atoms with Crippen molar-refractivity contribution in [3.63, 3.8) is 0 Å². The fourth-order valence-electron chi connectivity index (χ4n) is 2.54. The number of hydrogen-bond acceptors (Lipinski definition) is 2. The minimum Gasteiger partial charge on any atom is -0.309 e. The lowest BCUT2D eigenvalue weighted by molar-refractivity contribution is 0.627. The Morgan fingerprint density at radius 1 is 1.44 bits per heavy atom. The largest absolute Gasteiger partial charge is 0.309 e. The summed E-state index contributed by atoms with van der Waals surface area (Å²) in [5.74, 6) is 0. The smallest absolute Gasteiger partial charge is 0.137 e. The van der Waals surface area contributed by atoms with Gasteiger partial charge >= 0.3 is 0 Å². The normalized spacial score (nSPS) is 20.8. The number of rotatable bonds is 1. The Morgan fingerprint density at radius 2 is 2.31 bits per heavy atom. The lowest BCUT2D eigenvalue weighted by atomic mass is 10.1. The lowest BCUT2D eigenvalue weighted by Crippen LogP contribution is -2.14. The van der Waals surface area contributed by atoms with E-state index in [2.05, 4.69) is 41.9 Å². The highest BCUT2D eigenvalue weighted by Gasteiger charge is 2.21. The number of imidazole rings is 1. The first kappa shape index (κ1) is 9.85. The number of aryl methyl sites for hydroxylation is 2. The van der Waals surface area contributed by atoms with Crippen LogP contribution in [0.1, 0.15) is 35.8 Å². The summed E-state index contributed by atoms with van der Waals surface area (Å²) in [7, 11) is 0. The molecule has 1 unspecified atom stereocenters. The monoisotopic (exact) mass is 215 g/mol. The Labute approximate surface area is 95.5 Å². The molecule has 84 valence electrons. The van der Waals surface area contributed by atoms with Crippen LogP contribution in [0.2, 0.25) is 0 Å². The van der Waals surface area contributed by atoms with E-state index in [9.17, 15) is 0 Å². The lowest BCUT2D eigenvalue weighted by Gasteiger charge is -2.07. The molecule has 0 spiro atoms. The van der Waals surface area contributed by atoms with Gasteiger partial charge in [0, 0.05) is 11.9 Å². The van der Waals surface area contributed by atoms with Crippen LogP contribution >= 0.6 is 0 Å². The quantitative estimate of drug-likeness (QED) is 0.791. The van der Waals surface area contributed by atoms with Gasteiger partial charge in [0.15, 0.2) is 0 Å². The zero-order valence-corrected chi connectivity index (χ0v) is 9.83. The van der Waals surface area contributed by atoms with E-state index >= 15 is 0 Å². The van der Waals surface area contributed by atoms with Gasteiger partial charge in [0.05, 0.1) is 11.7 Å². The van der Waals surface area contributed by atoms with Gasteiger partial charge in [-0.15, -0.1) is 0 Å². The molecule has 1 aliphatic heterocycles. The molecule has 3 nitrogen and oxygen atoms in total. The molecule has 1 saturated heterocycles. The topological polar surface area (TPSA) is 29.3 Å². The molecule has 0 aromatic carbocycles. The summed E-state index contributed by atoms with van der Waals surface area (Å²) in [6.07, 6.45) is 4.59. The van der Waals surface area contributed by atoms with Gasteiger partial charge in [-0.05, 0) is 50.9 Å². The molecule has 1 atom stereocenters. The predicted molar refractivity (Wildman–Crippen MR) is 64.6 cm³/mol. The van der Waals surface area contributed by atoms with Crippen LogP contribution in [0.25, 0.3) is 5.65 Å². The molecule has 0 amide bonds. The van der Waals surface area contributed by atoms with E-state index in [1.165, 1.54) is 29.8 Å². The summed E-state index contributed by atoms with van der Waals surface area (Å²) in [4.78, 5) is 4.76. The molecule has 0 saturated carbocycles. The van der Waals surface area contributed by atoms with Gasteiger partial charge in [0.25, 0.3) is 0 Å². The summed E-state index contributed by atoms with van der Waals surface area (Å²) in [5.41, 5.74) is 4.84. The number of hydrogen-bond donors (Lipinski definition) is 1. The van der Waals surface area contributed by atoms with Crippen molar-refractivity contribution in [2.75, 3.05) is 6.54 Å². The summed E-state index contributed by atoms with van der Waals surface area (Å²) >= 11 is 0. The van der Waals surface area contributed by atoms with Crippen LogP contribution in [0.4, 0.5) is 0 Å². The standard InChI is InChI=1S/C13H17N3/c1-9-5-7-16-10(2)13(15-12(16)8-9)11-4-3-6-14-11/h5,7-8,11,14H,3-4,6H2,1-2H3. The number of pyridine rings is 1. The molecule has 1 fully saturated rings. The van der Waals surface area contributed by atoms with Crippen LogP contribution in [0.3, 0.4) is 0 Å². The van der Waals surface area contributed by atoms with Gasteiger partial charge < -0.3 is 9.72 Å². The highest BCUT2D eigenvalue weighted by Crippen LogP contribution is 2.26. The maximum atomic E-state index is 4.76. The fourth-order valence-corrected chi connectivity index (χ4v) is 2.54. The predicted octanol–water partition coefficient (Wildman–Crippen LogP) is 2.38. The third kappa shape index (κ3) is 1.43. The molecule has 3 heteroatoms. The second-order valence-electron chi connectivity index (χ2n) is 4.66. The van der Waals surface area contributed by atoms with E-state index in [0.717, 1.165) is 12.2 Å². The number of fused-ring (bicyclic) bond motifs is 1. The van der Waals surface area contributed by atoms with Gasteiger partial charge in [0.2, 0.25) is 0 Å². The van der Waals surface area contributed by atoms with Crippen molar-refractivity contribution in [3.05, 3.63) is 35.3 Å². The van der Waals surface area contributed by atoms with E-state index in [-0.39, 0.29) is 0 Å². The maximum Gasteiger partial charge on any atom is 0.137 e. The van der Waals surface area contributed by atoms with E-state index in [0.29, 0.717) is 6.04 Å². The van der Waals surface area contributed by atoms with Gasteiger partial charge in [-0.2, -0.15) is 0 Å². The average Bonchev–Trinajstić information content (AvgIpc) is 2.86. The van der Waals surface area contributed by atoms with E-state index in [1.807, 2.05) is 0 Å². The second kappa shape index (κ2) is 3.59. The van der Waals surface area contributed by atoms with Crippen molar-refractivity contribution in [1.29, 1.82) is 0 Å². The highest BCUT2D eigenvalue weighted by atomic mass is 15.1. The molecular formula is C13H17N3. The Bertz CT molecular complexity index is 521. The van der Waals surface area contributed by atoms with E-state index in [1.54, 1.807) is 0 Å². The van der Waals surface area contributed by atoms with Crippen LogP contribution in [0, 0.1) is 13.8 Å². The first-order chi connectivity index (χ1) is 7.75. The minimum absolute atomic E-state index is 0.459. The summed E-state index contributed by atoms with van der Waals surface area (Å²) in [5, 5.41) is 3.51. The Balaban J connectivity index is 2.14. The van der Waals surface area contributed by atoms with Crippen molar-refractivity contribution in [3.8, 4) is 0 Å². The third-order valence-electron chi connectivity index (χ3n) is 3.45. The van der Waals surface area contributed by atoms with Crippen LogP contribution < -0.4 is 5.32 Å². The zero-order valence-electron chi connectivity index (χ0n) is 9.83. The molecule has 16 heavy (non-hydrogen) atoms. The van der Waals surface area contributed by atoms with Crippen LogP contribution in [-0.2, 0) is 0 Å². The van der Waals surface area contributed by atoms with Crippen molar-refractivity contribution in [2.24, 2.45) is 0 Å². The number of nitrogens with one attached hydrogen (secondary N) is 1. The van der Waals surface area contributed by atoms with Gasteiger partial charge in [-0.25, -0.2) is 4.98 Å². The summed E-state index contributed by atoms with van der Waals surface area (Å²) < 4.78 is 2.18. The Hall–Kier alpha value is -1.35. The van der Waals surface area contributed by atoms with E-state index in [4.69, 9.17) is 4.98 Å². The molecule has 1 aliphatic rings. The molecule has 2 aromatic rings. The second-order valence-corrected chi connectivity index (χ2v) is 4.66. The fraction of sp³-hybridized carbons (Fsp3) is 0.462. The van der Waals surface area contributed by atoms with Crippen molar-refractivity contribution < 1.29 is 0 Å². The van der Waals surface area contributed by atoms with Crippen molar-refractivity contribution >= 4 is 5.65 Å². The molecule has 0 aliphatic carbocycles. The third-order valence-corrected chi connectivity index (χ3v) is 3.45. The van der Waals surface area contributed by atoms with E-state index < -0.39 is 0 Å². The molecule has 3 heterocycles. The van der Waals surface area contributed by atoms with Crippen LogP contribution in [-0.4, -0.2) is 15.9 Å². The SMILES string of the molecule is Cc1ccn2c(C)c(C3CCCN3)nc2c1. The molecule has 3 rings (SSSR count). The van der Waals surface area contributed by atoms with Gasteiger partial charge in [-0.3, -0.25) is 0 Å². The van der Waals surface area contributed by atoms with Crippen LogP contribution in [0.15, 0.2) is 18.3 Å². The molecule has 1 N–H and O–H groups in total. The summed E-state index contributed by atoms with van der Waals surface area (Å²) in [6, 6.07) is 4.74.